The Balaban J connectivity index is 1.64. The number of nitrogens with zero attached hydrogens (tertiary/aromatic N) is 1. The second kappa shape index (κ2) is 5.55. The maximum atomic E-state index is 6.29. The van der Waals surface area contributed by atoms with Crippen molar-refractivity contribution in [3.05, 3.63) is 10.7 Å². The van der Waals surface area contributed by atoms with Crippen molar-refractivity contribution in [1.29, 1.82) is 0 Å². The number of hydrogen-bond donors (Lipinski definition) is 0. The summed E-state index contributed by atoms with van der Waals surface area (Å²) in [5, 5.41) is 1.26. The van der Waals surface area contributed by atoms with Crippen LogP contribution >= 0.6 is 11.3 Å². The van der Waals surface area contributed by atoms with Gasteiger partial charge in [0.05, 0.1) is 26.7 Å². The fraction of sp³-hybridized carbons (Fsp3) is 0.824. The normalized spacial score (nSPS) is 27.6. The lowest BCUT2D eigenvalue weighted by Gasteiger charge is -2.32. The zero-order chi connectivity index (χ0) is 16.2. The van der Waals surface area contributed by atoms with Crippen LogP contribution in [0.4, 0.5) is 0 Å². The quantitative estimate of drug-likeness (QED) is 0.796. The highest BCUT2D eigenvalue weighted by Crippen LogP contribution is 2.43. The molecule has 3 aliphatic rings. The monoisotopic (exact) mass is 335 g/mol. The summed E-state index contributed by atoms with van der Waals surface area (Å²) >= 11 is 1.82. The van der Waals surface area contributed by atoms with Crippen LogP contribution in [-0.4, -0.2) is 36.5 Å². The topological polar surface area (TPSA) is 40.6 Å². The summed E-state index contributed by atoms with van der Waals surface area (Å²) in [5.74, 6) is 1.16. The third kappa shape index (κ3) is 2.88. The largest absolute Gasteiger partial charge is 0.507 e. The Kier molecular flexibility index (Phi) is 3.88. The molecular formula is C17H26BNO3S. The minimum absolute atomic E-state index is 0.262. The van der Waals surface area contributed by atoms with Gasteiger partial charge < -0.3 is 14.0 Å². The van der Waals surface area contributed by atoms with Crippen molar-refractivity contribution >= 4 is 23.2 Å². The average Bonchev–Trinajstić information content (AvgIpc) is 3.20. The number of aromatic nitrogens is 1. The molecule has 1 aromatic rings. The third-order valence-corrected chi connectivity index (χ3v) is 6.95. The number of hydrogen-bond acceptors (Lipinski definition) is 5. The van der Waals surface area contributed by atoms with E-state index < -0.39 is 0 Å². The molecule has 6 heteroatoms. The molecule has 1 saturated carbocycles. The van der Waals surface area contributed by atoms with Crippen LogP contribution in [0.3, 0.4) is 0 Å². The number of ether oxygens (including phenoxy) is 1. The Hall–Kier alpha value is -0.425. The van der Waals surface area contributed by atoms with Gasteiger partial charge in [-0.1, -0.05) is 0 Å². The van der Waals surface area contributed by atoms with Gasteiger partial charge in [0.15, 0.2) is 0 Å². The highest BCUT2D eigenvalue weighted by molar-refractivity contribution is 7.22. The van der Waals surface area contributed by atoms with Crippen LogP contribution in [-0.2, 0) is 14.0 Å². The molecule has 0 aromatic carbocycles. The van der Waals surface area contributed by atoms with Crippen molar-refractivity contribution in [2.45, 2.75) is 76.4 Å². The van der Waals surface area contributed by atoms with Gasteiger partial charge in [0, 0.05) is 25.0 Å². The summed E-state index contributed by atoms with van der Waals surface area (Å²) in [6.45, 7) is 10.2. The summed E-state index contributed by atoms with van der Waals surface area (Å²) in [6.07, 6.45) is 4.67. The molecule has 23 heavy (non-hydrogen) atoms. The van der Waals surface area contributed by atoms with E-state index in [1.807, 2.05) is 11.3 Å². The van der Waals surface area contributed by atoms with Crippen LogP contribution in [0, 0.1) is 0 Å². The predicted molar refractivity (Wildman–Crippen MR) is 92.6 cm³/mol. The third-order valence-electron chi connectivity index (χ3n) is 5.70. The number of rotatable bonds is 3. The zero-order valence-electron chi connectivity index (χ0n) is 14.6. The fourth-order valence-corrected chi connectivity index (χ4v) is 4.53. The summed E-state index contributed by atoms with van der Waals surface area (Å²) < 4.78 is 19.3. The molecule has 0 atom stereocenters. The van der Waals surface area contributed by atoms with E-state index in [1.54, 1.807) is 0 Å². The highest BCUT2D eigenvalue weighted by atomic mass is 32.1. The van der Waals surface area contributed by atoms with Crippen LogP contribution in [0.15, 0.2) is 0 Å². The van der Waals surface area contributed by atoms with Gasteiger partial charge in [-0.15, -0.1) is 11.3 Å². The summed E-state index contributed by atoms with van der Waals surface area (Å²) in [5.41, 5.74) is 0.665. The van der Waals surface area contributed by atoms with Gasteiger partial charge in [0.1, 0.15) is 0 Å². The van der Waals surface area contributed by atoms with Crippen LogP contribution in [0.5, 0.6) is 0 Å². The molecule has 0 N–H and O–H groups in total. The minimum atomic E-state index is -0.290. The Morgan fingerprint density at radius 1 is 0.957 bits per heavy atom. The van der Waals surface area contributed by atoms with E-state index in [0.29, 0.717) is 11.8 Å². The molecule has 126 valence electrons. The smallest absolute Gasteiger partial charge is 0.399 e. The molecule has 0 amide bonds. The Labute approximate surface area is 143 Å². The van der Waals surface area contributed by atoms with Gasteiger partial charge in [-0.3, -0.25) is 0 Å². The van der Waals surface area contributed by atoms with E-state index in [-0.39, 0.29) is 18.3 Å². The molecule has 4 nitrogen and oxygen atoms in total. The molecule has 1 aliphatic carbocycles. The van der Waals surface area contributed by atoms with E-state index in [2.05, 4.69) is 27.7 Å². The number of thiazole rings is 1. The molecule has 3 fully saturated rings. The van der Waals surface area contributed by atoms with E-state index >= 15 is 0 Å². The molecule has 3 heterocycles. The molecule has 4 rings (SSSR count). The first kappa shape index (κ1) is 16.1. The lowest BCUT2D eigenvalue weighted by Crippen LogP contribution is -2.41. The van der Waals surface area contributed by atoms with Crippen LogP contribution in [0.25, 0.3) is 0 Å². The van der Waals surface area contributed by atoms with E-state index in [0.717, 1.165) is 26.1 Å². The predicted octanol–water partition coefficient (Wildman–Crippen LogP) is 3.21. The van der Waals surface area contributed by atoms with Gasteiger partial charge in [-0.2, -0.15) is 0 Å². The lowest BCUT2D eigenvalue weighted by molar-refractivity contribution is 0.00578. The van der Waals surface area contributed by atoms with Crippen molar-refractivity contribution in [2.24, 2.45) is 0 Å². The molecule has 1 aromatic heterocycles. The Morgan fingerprint density at radius 2 is 1.57 bits per heavy atom. The Morgan fingerprint density at radius 3 is 2.13 bits per heavy atom. The Bertz CT molecular complexity index is 575. The fourth-order valence-electron chi connectivity index (χ4n) is 3.25. The zero-order valence-corrected chi connectivity index (χ0v) is 15.4. The van der Waals surface area contributed by atoms with Gasteiger partial charge in [0.2, 0.25) is 0 Å². The van der Waals surface area contributed by atoms with Crippen LogP contribution < -0.4 is 4.78 Å². The van der Waals surface area contributed by atoms with Crippen LogP contribution in [0.2, 0.25) is 0 Å². The second-order valence-corrected chi connectivity index (χ2v) is 9.11. The van der Waals surface area contributed by atoms with E-state index in [4.69, 9.17) is 19.0 Å². The molecule has 2 saturated heterocycles. The maximum Gasteiger partial charge on any atom is 0.507 e. The first-order chi connectivity index (χ1) is 10.9. The van der Waals surface area contributed by atoms with Crippen molar-refractivity contribution < 1.29 is 14.0 Å². The van der Waals surface area contributed by atoms with Crippen molar-refractivity contribution in [2.75, 3.05) is 13.2 Å². The van der Waals surface area contributed by atoms with Crippen molar-refractivity contribution in [3.8, 4) is 0 Å². The maximum absolute atomic E-state index is 6.29. The summed E-state index contributed by atoms with van der Waals surface area (Å²) in [7, 11) is -0.262. The van der Waals surface area contributed by atoms with E-state index in [9.17, 15) is 0 Å². The van der Waals surface area contributed by atoms with Gasteiger partial charge in [-0.05, 0) is 53.4 Å². The van der Waals surface area contributed by atoms with E-state index in [1.165, 1.54) is 28.3 Å². The standard InChI is InChI=1S/C17H26BNO3S/c1-16(2)17(3,4)22-18(21-16)14-13(11-5-6-11)19-15(23-14)12-7-9-20-10-8-12/h11-12H,5-10H2,1-4H3. The molecule has 0 spiro atoms. The summed E-state index contributed by atoms with van der Waals surface area (Å²) in [6, 6.07) is 0. The SMILES string of the molecule is CC1(C)OB(c2sc(C3CCOCC3)nc2C2CC2)OC1(C)C. The van der Waals surface area contributed by atoms with Crippen molar-refractivity contribution in [3.63, 3.8) is 0 Å². The molecular weight excluding hydrogens is 309 g/mol. The van der Waals surface area contributed by atoms with Gasteiger partial charge >= 0.3 is 7.12 Å². The van der Waals surface area contributed by atoms with Crippen molar-refractivity contribution in [1.82, 2.24) is 4.98 Å². The lowest BCUT2D eigenvalue weighted by atomic mass is 9.85. The first-order valence-electron chi connectivity index (χ1n) is 8.81. The van der Waals surface area contributed by atoms with Gasteiger partial charge in [0.25, 0.3) is 0 Å². The highest BCUT2D eigenvalue weighted by Gasteiger charge is 2.54. The molecule has 2 aliphatic heterocycles. The average molecular weight is 335 g/mol. The first-order valence-corrected chi connectivity index (χ1v) is 9.63. The minimum Gasteiger partial charge on any atom is -0.399 e. The summed E-state index contributed by atoms with van der Waals surface area (Å²) in [4.78, 5) is 5.04. The van der Waals surface area contributed by atoms with Crippen LogP contribution in [0.1, 0.15) is 75.9 Å². The van der Waals surface area contributed by atoms with Gasteiger partial charge in [-0.25, -0.2) is 4.98 Å². The second-order valence-electron chi connectivity index (χ2n) is 8.05. The molecule has 0 unspecified atom stereocenters. The molecule has 0 bridgehead atoms. The molecule has 0 radical (unpaired) electrons.